The van der Waals surface area contributed by atoms with Crippen LogP contribution in [0.5, 0.6) is 0 Å². The molecule has 0 aliphatic rings. The van der Waals surface area contributed by atoms with Gasteiger partial charge in [-0.25, -0.2) is 0 Å². The second-order valence-electron chi connectivity index (χ2n) is 6.21. The first-order valence-electron chi connectivity index (χ1n) is 6.31. The van der Waals surface area contributed by atoms with Crippen molar-refractivity contribution in [1.29, 1.82) is 0 Å². The van der Waals surface area contributed by atoms with E-state index < -0.39 is 11.5 Å². The van der Waals surface area contributed by atoms with Crippen molar-refractivity contribution in [2.24, 2.45) is 11.1 Å². The van der Waals surface area contributed by atoms with Crippen molar-refractivity contribution in [1.82, 2.24) is 5.32 Å². The SMILES string of the molecule is CC(C)(CCN)CCC(=O)NC(C)(C)CC(=O)O. The van der Waals surface area contributed by atoms with Gasteiger partial charge in [-0.1, -0.05) is 13.8 Å². The van der Waals surface area contributed by atoms with Crippen LogP contribution >= 0.6 is 0 Å². The largest absolute Gasteiger partial charge is 0.481 e. The van der Waals surface area contributed by atoms with Gasteiger partial charge in [-0.05, 0) is 38.6 Å². The van der Waals surface area contributed by atoms with Crippen molar-refractivity contribution in [3.8, 4) is 0 Å². The highest BCUT2D eigenvalue weighted by atomic mass is 16.4. The maximum absolute atomic E-state index is 11.8. The quantitative estimate of drug-likeness (QED) is 0.615. The van der Waals surface area contributed by atoms with Gasteiger partial charge < -0.3 is 16.2 Å². The molecular formula is C13H26N2O3. The lowest BCUT2D eigenvalue weighted by Gasteiger charge is -2.27. The van der Waals surface area contributed by atoms with Crippen LogP contribution in [-0.4, -0.2) is 29.1 Å². The molecule has 0 saturated heterocycles. The summed E-state index contributed by atoms with van der Waals surface area (Å²) in [5, 5.41) is 11.5. The first-order valence-corrected chi connectivity index (χ1v) is 6.31. The molecule has 1 amide bonds. The van der Waals surface area contributed by atoms with Crippen molar-refractivity contribution in [2.45, 2.75) is 58.9 Å². The van der Waals surface area contributed by atoms with Gasteiger partial charge in [0.2, 0.25) is 5.91 Å². The van der Waals surface area contributed by atoms with E-state index in [2.05, 4.69) is 19.2 Å². The minimum absolute atomic E-state index is 0.0447. The van der Waals surface area contributed by atoms with Crippen molar-refractivity contribution in [2.75, 3.05) is 6.54 Å². The van der Waals surface area contributed by atoms with Crippen molar-refractivity contribution >= 4 is 11.9 Å². The molecule has 0 aromatic heterocycles. The topological polar surface area (TPSA) is 92.4 Å². The van der Waals surface area contributed by atoms with Crippen LogP contribution in [0.1, 0.15) is 53.4 Å². The zero-order chi connectivity index (χ0) is 14.4. The first kappa shape index (κ1) is 16.9. The van der Waals surface area contributed by atoms with Gasteiger partial charge >= 0.3 is 5.97 Å². The molecule has 0 radical (unpaired) electrons. The molecule has 5 nitrogen and oxygen atoms in total. The summed E-state index contributed by atoms with van der Waals surface area (Å²) in [6, 6.07) is 0. The molecule has 0 aliphatic carbocycles. The van der Waals surface area contributed by atoms with Crippen LogP contribution in [0.3, 0.4) is 0 Å². The van der Waals surface area contributed by atoms with E-state index in [1.165, 1.54) is 0 Å². The number of nitrogens with one attached hydrogen (secondary N) is 1. The first-order chi connectivity index (χ1) is 8.08. The molecule has 0 saturated carbocycles. The number of aliphatic carboxylic acids is 1. The molecule has 4 N–H and O–H groups in total. The number of carbonyl (C=O) groups is 2. The number of nitrogens with two attached hydrogens (primary N) is 1. The van der Waals surface area contributed by atoms with Gasteiger partial charge in [-0.15, -0.1) is 0 Å². The van der Waals surface area contributed by atoms with Crippen LogP contribution in [0, 0.1) is 5.41 Å². The lowest BCUT2D eigenvalue weighted by molar-refractivity contribution is -0.138. The molecule has 5 heteroatoms. The number of carboxylic acids is 1. The molecule has 0 heterocycles. The van der Waals surface area contributed by atoms with Gasteiger partial charge in [0.25, 0.3) is 0 Å². The highest BCUT2D eigenvalue weighted by Crippen LogP contribution is 2.25. The molecule has 0 fully saturated rings. The van der Waals surface area contributed by atoms with Gasteiger partial charge in [0.1, 0.15) is 0 Å². The fourth-order valence-electron chi connectivity index (χ4n) is 1.83. The number of amides is 1. The fraction of sp³-hybridized carbons (Fsp3) is 0.846. The molecule has 18 heavy (non-hydrogen) atoms. The Hall–Kier alpha value is -1.10. The van der Waals surface area contributed by atoms with Gasteiger partial charge in [-0.3, -0.25) is 9.59 Å². The summed E-state index contributed by atoms with van der Waals surface area (Å²) in [6.45, 7) is 8.19. The summed E-state index contributed by atoms with van der Waals surface area (Å²) >= 11 is 0. The molecule has 106 valence electrons. The van der Waals surface area contributed by atoms with Gasteiger partial charge in [0.05, 0.1) is 6.42 Å². The molecule has 0 aliphatic heterocycles. The highest BCUT2D eigenvalue weighted by molar-refractivity contribution is 5.78. The van der Waals surface area contributed by atoms with Gasteiger partial charge in [0.15, 0.2) is 0 Å². The molecule has 0 unspecified atom stereocenters. The zero-order valence-electron chi connectivity index (χ0n) is 11.9. The third-order valence-electron chi connectivity index (χ3n) is 2.92. The van der Waals surface area contributed by atoms with E-state index in [0.29, 0.717) is 13.0 Å². The Morgan fingerprint density at radius 1 is 1.17 bits per heavy atom. The van der Waals surface area contributed by atoms with Crippen molar-refractivity contribution < 1.29 is 14.7 Å². The van der Waals surface area contributed by atoms with Crippen LogP contribution in [0.15, 0.2) is 0 Å². The van der Waals surface area contributed by atoms with Gasteiger partial charge in [0, 0.05) is 12.0 Å². The van der Waals surface area contributed by atoms with E-state index in [-0.39, 0.29) is 17.7 Å². The Balaban J connectivity index is 4.15. The number of hydrogen-bond acceptors (Lipinski definition) is 3. The van der Waals surface area contributed by atoms with Crippen LogP contribution < -0.4 is 11.1 Å². The second kappa shape index (κ2) is 6.73. The average Bonchev–Trinajstić information content (AvgIpc) is 2.11. The number of carbonyl (C=O) groups excluding carboxylic acids is 1. The standard InChI is InChI=1S/C13H26N2O3/c1-12(2,7-8-14)6-5-10(16)15-13(3,4)9-11(17)18/h5-9,14H2,1-4H3,(H,15,16)(H,17,18). The molecule has 0 aromatic rings. The minimum Gasteiger partial charge on any atom is -0.481 e. The molecular weight excluding hydrogens is 232 g/mol. The van der Waals surface area contributed by atoms with E-state index in [9.17, 15) is 9.59 Å². The van der Waals surface area contributed by atoms with E-state index in [4.69, 9.17) is 10.8 Å². The van der Waals surface area contributed by atoms with Crippen LogP contribution in [0.25, 0.3) is 0 Å². The Bertz CT molecular complexity index is 299. The Kier molecular flexibility index (Phi) is 6.32. The molecule has 0 atom stereocenters. The predicted octanol–water partition coefficient (Wildman–Crippen LogP) is 1.51. The molecule has 0 spiro atoms. The van der Waals surface area contributed by atoms with Crippen LogP contribution in [-0.2, 0) is 9.59 Å². The fourth-order valence-corrected chi connectivity index (χ4v) is 1.83. The van der Waals surface area contributed by atoms with E-state index >= 15 is 0 Å². The normalized spacial score (nSPS) is 12.3. The summed E-state index contributed by atoms with van der Waals surface area (Å²) in [4.78, 5) is 22.4. The smallest absolute Gasteiger partial charge is 0.305 e. The van der Waals surface area contributed by atoms with Gasteiger partial charge in [-0.2, -0.15) is 0 Å². The summed E-state index contributed by atoms with van der Waals surface area (Å²) in [7, 11) is 0. The zero-order valence-corrected chi connectivity index (χ0v) is 11.9. The summed E-state index contributed by atoms with van der Waals surface area (Å²) in [5.74, 6) is -1.02. The monoisotopic (exact) mass is 258 g/mol. The maximum atomic E-state index is 11.8. The number of rotatable bonds is 8. The third-order valence-corrected chi connectivity index (χ3v) is 2.92. The lowest BCUT2D eigenvalue weighted by Crippen LogP contribution is -2.45. The second-order valence-corrected chi connectivity index (χ2v) is 6.21. The number of carboxylic acid groups (broad SMARTS) is 1. The van der Waals surface area contributed by atoms with Crippen molar-refractivity contribution in [3.63, 3.8) is 0 Å². The Labute approximate surface area is 109 Å². The number of hydrogen-bond donors (Lipinski definition) is 3. The Morgan fingerprint density at radius 3 is 2.17 bits per heavy atom. The van der Waals surface area contributed by atoms with Crippen LogP contribution in [0.2, 0.25) is 0 Å². The highest BCUT2D eigenvalue weighted by Gasteiger charge is 2.25. The third kappa shape index (κ3) is 8.06. The minimum atomic E-state index is -0.913. The summed E-state index contributed by atoms with van der Waals surface area (Å²) in [6.07, 6.45) is 1.94. The summed E-state index contributed by atoms with van der Waals surface area (Å²) in [5.41, 5.74) is 4.85. The maximum Gasteiger partial charge on any atom is 0.305 e. The molecule has 0 bridgehead atoms. The molecule has 0 rings (SSSR count). The average molecular weight is 258 g/mol. The van der Waals surface area contributed by atoms with E-state index in [0.717, 1.165) is 12.8 Å². The van der Waals surface area contributed by atoms with E-state index in [1.807, 2.05) is 0 Å². The van der Waals surface area contributed by atoms with Crippen molar-refractivity contribution in [3.05, 3.63) is 0 Å². The summed E-state index contributed by atoms with van der Waals surface area (Å²) < 4.78 is 0. The molecule has 0 aromatic carbocycles. The Morgan fingerprint density at radius 2 is 1.72 bits per heavy atom. The lowest BCUT2D eigenvalue weighted by atomic mass is 9.84. The van der Waals surface area contributed by atoms with E-state index in [1.54, 1.807) is 13.8 Å². The predicted molar refractivity (Wildman–Crippen MR) is 71.2 cm³/mol. The van der Waals surface area contributed by atoms with Crippen LogP contribution in [0.4, 0.5) is 0 Å².